The van der Waals surface area contributed by atoms with Gasteiger partial charge in [0.2, 0.25) is 0 Å². The van der Waals surface area contributed by atoms with E-state index in [4.69, 9.17) is 19.6 Å². The zero-order chi connectivity index (χ0) is 16.4. The van der Waals surface area contributed by atoms with Gasteiger partial charge in [0.1, 0.15) is 6.10 Å². The number of hydrogen-bond acceptors (Lipinski definition) is 5. The molecule has 4 rings (SSSR count). The topological polar surface area (TPSA) is 49.2 Å². The highest BCUT2D eigenvalue weighted by molar-refractivity contribution is 7.98. The standard InChI is InChI=1S/C18H23N3O2S/c1-24-9-6-17-19-18(16-12-22-7-8-23-16)21(20-17)15-10-13-4-2-3-5-14(13)11-15/h2-5,15-16H,6-12H2,1H3/t16-/m1/s1. The van der Waals surface area contributed by atoms with Gasteiger partial charge in [0.15, 0.2) is 11.6 Å². The lowest BCUT2D eigenvalue weighted by Gasteiger charge is -2.24. The number of fused-ring (bicyclic) bond motifs is 1. The van der Waals surface area contributed by atoms with E-state index in [2.05, 4.69) is 35.2 Å². The van der Waals surface area contributed by atoms with Gasteiger partial charge < -0.3 is 9.47 Å². The second-order valence-electron chi connectivity index (χ2n) is 6.34. The number of nitrogens with zero attached hydrogens (tertiary/aromatic N) is 3. The highest BCUT2D eigenvalue weighted by Crippen LogP contribution is 2.32. The highest BCUT2D eigenvalue weighted by Gasteiger charge is 2.30. The van der Waals surface area contributed by atoms with E-state index in [9.17, 15) is 0 Å². The van der Waals surface area contributed by atoms with E-state index in [0.717, 1.165) is 36.7 Å². The van der Waals surface area contributed by atoms with Gasteiger partial charge in [-0.25, -0.2) is 9.67 Å². The number of ether oxygens (including phenoxy) is 2. The lowest BCUT2D eigenvalue weighted by Crippen LogP contribution is -2.26. The Morgan fingerprint density at radius 1 is 1.21 bits per heavy atom. The zero-order valence-electron chi connectivity index (χ0n) is 14.0. The molecule has 0 spiro atoms. The summed E-state index contributed by atoms with van der Waals surface area (Å²) in [4.78, 5) is 4.81. The van der Waals surface area contributed by atoms with Crippen LogP contribution in [0.25, 0.3) is 0 Å². The predicted octanol–water partition coefficient (Wildman–Crippen LogP) is 2.61. The van der Waals surface area contributed by atoms with Gasteiger partial charge in [0.25, 0.3) is 0 Å². The van der Waals surface area contributed by atoms with Gasteiger partial charge in [-0.2, -0.15) is 16.9 Å². The number of thioether (sulfide) groups is 1. The summed E-state index contributed by atoms with van der Waals surface area (Å²) >= 11 is 1.82. The third-order valence-electron chi connectivity index (χ3n) is 4.71. The molecule has 24 heavy (non-hydrogen) atoms. The van der Waals surface area contributed by atoms with Crippen molar-refractivity contribution < 1.29 is 9.47 Å². The van der Waals surface area contributed by atoms with Crippen LogP contribution in [0.3, 0.4) is 0 Å². The maximum Gasteiger partial charge on any atom is 0.159 e. The Morgan fingerprint density at radius 3 is 2.67 bits per heavy atom. The lowest BCUT2D eigenvalue weighted by atomic mass is 10.1. The second kappa shape index (κ2) is 7.25. The first-order chi connectivity index (χ1) is 11.8. The Labute approximate surface area is 146 Å². The molecule has 0 N–H and O–H groups in total. The average molecular weight is 345 g/mol. The molecular weight excluding hydrogens is 322 g/mol. The van der Waals surface area contributed by atoms with Crippen molar-refractivity contribution in [2.45, 2.75) is 31.4 Å². The Kier molecular flexibility index (Phi) is 4.87. The van der Waals surface area contributed by atoms with Gasteiger partial charge in [-0.05, 0) is 30.2 Å². The smallest absolute Gasteiger partial charge is 0.159 e. The average Bonchev–Trinajstić information content (AvgIpc) is 3.24. The molecule has 1 atom stereocenters. The van der Waals surface area contributed by atoms with E-state index < -0.39 is 0 Å². The van der Waals surface area contributed by atoms with Gasteiger partial charge in [-0.3, -0.25) is 0 Å². The number of hydrogen-bond donors (Lipinski definition) is 0. The molecule has 2 aromatic rings. The van der Waals surface area contributed by atoms with E-state index in [1.807, 2.05) is 11.8 Å². The molecule has 0 radical (unpaired) electrons. The molecule has 2 aliphatic rings. The summed E-state index contributed by atoms with van der Waals surface area (Å²) in [6.45, 7) is 1.86. The van der Waals surface area contributed by atoms with Gasteiger partial charge in [0.05, 0.1) is 25.9 Å². The highest BCUT2D eigenvalue weighted by atomic mass is 32.2. The van der Waals surface area contributed by atoms with Crippen molar-refractivity contribution in [2.24, 2.45) is 0 Å². The molecule has 0 bridgehead atoms. The number of aryl methyl sites for hydroxylation is 1. The molecule has 6 heteroatoms. The van der Waals surface area contributed by atoms with Crippen LogP contribution in [-0.4, -0.2) is 46.6 Å². The molecule has 0 amide bonds. The molecule has 1 saturated heterocycles. The number of benzene rings is 1. The minimum absolute atomic E-state index is 0.0991. The molecule has 1 aliphatic heterocycles. The summed E-state index contributed by atoms with van der Waals surface area (Å²) < 4.78 is 13.6. The lowest BCUT2D eigenvalue weighted by molar-refractivity contribution is -0.0954. The van der Waals surface area contributed by atoms with Crippen LogP contribution in [0.15, 0.2) is 24.3 Å². The number of aromatic nitrogens is 3. The van der Waals surface area contributed by atoms with Crippen LogP contribution in [0.5, 0.6) is 0 Å². The molecule has 5 nitrogen and oxygen atoms in total. The van der Waals surface area contributed by atoms with Crippen molar-refractivity contribution >= 4 is 11.8 Å². The molecule has 128 valence electrons. The van der Waals surface area contributed by atoms with Crippen molar-refractivity contribution in [2.75, 3.05) is 31.8 Å². The second-order valence-corrected chi connectivity index (χ2v) is 7.32. The van der Waals surface area contributed by atoms with Gasteiger partial charge in [-0.1, -0.05) is 24.3 Å². The molecule has 1 aliphatic carbocycles. The number of rotatable bonds is 5. The maximum absolute atomic E-state index is 5.91. The fourth-order valence-electron chi connectivity index (χ4n) is 3.51. The zero-order valence-corrected chi connectivity index (χ0v) is 14.8. The quantitative estimate of drug-likeness (QED) is 0.834. The summed E-state index contributed by atoms with van der Waals surface area (Å²) in [5, 5.41) is 4.84. The van der Waals surface area contributed by atoms with Gasteiger partial charge >= 0.3 is 0 Å². The van der Waals surface area contributed by atoms with E-state index in [1.165, 1.54) is 11.1 Å². The van der Waals surface area contributed by atoms with Crippen LogP contribution in [0.2, 0.25) is 0 Å². The molecule has 1 aromatic heterocycles. The summed E-state index contributed by atoms with van der Waals surface area (Å²) in [5.41, 5.74) is 2.85. The Bertz CT molecular complexity index is 672. The van der Waals surface area contributed by atoms with Crippen LogP contribution >= 0.6 is 11.8 Å². The Balaban J connectivity index is 1.62. The molecule has 1 aromatic carbocycles. The third-order valence-corrected chi connectivity index (χ3v) is 5.32. The van der Waals surface area contributed by atoms with Crippen molar-refractivity contribution in [1.82, 2.24) is 14.8 Å². The summed E-state index contributed by atoms with van der Waals surface area (Å²) in [5.74, 6) is 2.89. The SMILES string of the molecule is CSCCc1nc([C@H]2COCCO2)n(C2Cc3ccccc3C2)n1. The maximum atomic E-state index is 5.91. The van der Waals surface area contributed by atoms with Crippen LogP contribution in [0, 0.1) is 0 Å². The van der Waals surface area contributed by atoms with Gasteiger partial charge in [0, 0.05) is 12.2 Å². The van der Waals surface area contributed by atoms with Crippen LogP contribution in [-0.2, 0) is 28.7 Å². The van der Waals surface area contributed by atoms with Crippen molar-refractivity contribution in [3.05, 3.63) is 47.0 Å². The largest absolute Gasteiger partial charge is 0.376 e. The third kappa shape index (κ3) is 3.23. The van der Waals surface area contributed by atoms with Crippen molar-refractivity contribution in [3.63, 3.8) is 0 Å². The Morgan fingerprint density at radius 2 is 2.00 bits per heavy atom. The van der Waals surface area contributed by atoms with Crippen LogP contribution < -0.4 is 0 Å². The molecular formula is C18H23N3O2S. The normalized spacial score (nSPS) is 21.1. The first-order valence-electron chi connectivity index (χ1n) is 8.55. The van der Waals surface area contributed by atoms with Crippen LogP contribution in [0.1, 0.15) is 34.9 Å². The fraction of sp³-hybridized carbons (Fsp3) is 0.556. The fourth-order valence-corrected chi connectivity index (χ4v) is 3.90. The Hall–Kier alpha value is -1.37. The summed E-state index contributed by atoms with van der Waals surface area (Å²) in [7, 11) is 0. The molecule has 0 saturated carbocycles. The minimum atomic E-state index is -0.0991. The molecule has 1 fully saturated rings. The predicted molar refractivity (Wildman–Crippen MR) is 94.5 cm³/mol. The monoisotopic (exact) mass is 345 g/mol. The van der Waals surface area contributed by atoms with E-state index in [1.54, 1.807) is 0 Å². The van der Waals surface area contributed by atoms with Gasteiger partial charge in [-0.15, -0.1) is 0 Å². The van der Waals surface area contributed by atoms with Crippen LogP contribution in [0.4, 0.5) is 0 Å². The van der Waals surface area contributed by atoms with Crippen molar-refractivity contribution in [3.8, 4) is 0 Å². The molecule has 2 heterocycles. The summed E-state index contributed by atoms with van der Waals surface area (Å²) in [6.07, 6.45) is 4.94. The first kappa shape index (κ1) is 16.1. The van der Waals surface area contributed by atoms with E-state index >= 15 is 0 Å². The minimum Gasteiger partial charge on any atom is -0.376 e. The van der Waals surface area contributed by atoms with Crippen molar-refractivity contribution in [1.29, 1.82) is 0 Å². The summed E-state index contributed by atoms with van der Waals surface area (Å²) in [6, 6.07) is 9.01. The van der Waals surface area contributed by atoms with E-state index in [-0.39, 0.29) is 6.10 Å². The van der Waals surface area contributed by atoms with E-state index in [0.29, 0.717) is 25.9 Å². The molecule has 0 unspecified atom stereocenters. The first-order valence-corrected chi connectivity index (χ1v) is 9.95.